The number of carboxylic acid groups (broad SMARTS) is 2. The van der Waals surface area contributed by atoms with Gasteiger partial charge in [0.2, 0.25) is 0 Å². The third kappa shape index (κ3) is 67.6. The lowest BCUT2D eigenvalue weighted by molar-refractivity contribution is -0.655. The molecule has 0 fully saturated rings. The summed E-state index contributed by atoms with van der Waals surface area (Å²) in [6.45, 7) is 14.7. The van der Waals surface area contributed by atoms with E-state index in [4.69, 9.17) is 0 Å². The van der Waals surface area contributed by atoms with Gasteiger partial charge in [-0.1, -0.05) is 207 Å². The van der Waals surface area contributed by atoms with E-state index in [-0.39, 0.29) is 12.8 Å². The minimum Gasteiger partial charge on any atom is -0.550 e. The first kappa shape index (κ1) is 59.2. The highest BCUT2D eigenvalue weighted by molar-refractivity contribution is 5.65. The minimum atomic E-state index is -1.14. The van der Waals surface area contributed by atoms with Gasteiger partial charge in [-0.05, 0) is 77.0 Å². The fourth-order valence-electron chi connectivity index (χ4n) is 7.22. The van der Waals surface area contributed by atoms with E-state index in [1.54, 1.807) is 0 Å². The molecule has 0 radical (unpaired) electrons. The van der Waals surface area contributed by atoms with Gasteiger partial charge >= 0.3 is 0 Å². The van der Waals surface area contributed by atoms with Crippen LogP contribution in [0.15, 0.2) is 0 Å². The van der Waals surface area contributed by atoms with Crippen molar-refractivity contribution in [2.75, 3.05) is 26.2 Å². The Morgan fingerprint density at radius 2 is 0.429 bits per heavy atom. The lowest BCUT2D eigenvalue weighted by atomic mass is 10.1. The molecule has 0 rings (SSSR count). The van der Waals surface area contributed by atoms with Gasteiger partial charge in [0.05, 0.1) is 26.2 Å². The maximum atomic E-state index is 9.77. The van der Waals surface area contributed by atoms with Crippen LogP contribution in [-0.4, -0.2) is 38.1 Å². The van der Waals surface area contributed by atoms with Gasteiger partial charge < -0.3 is 30.4 Å². The molecule has 0 aliphatic rings. The number of carboxylic acids is 2. The Balaban J connectivity index is -0.000000810. The van der Waals surface area contributed by atoms with Gasteiger partial charge in [0.25, 0.3) is 0 Å². The van der Waals surface area contributed by atoms with Gasteiger partial charge in [-0.25, -0.2) is 0 Å². The number of hydrogen-bond acceptors (Lipinski definition) is 4. The average Bonchev–Trinajstić information content (AvgIpc) is 3.19. The summed E-state index contributed by atoms with van der Waals surface area (Å²) < 4.78 is 0. The number of hydrogen-bond donors (Lipinski definition) is 2. The van der Waals surface area contributed by atoms with Crippen LogP contribution in [0.3, 0.4) is 0 Å². The van der Waals surface area contributed by atoms with E-state index < -0.39 is 11.9 Å². The predicted molar refractivity (Wildman–Crippen MR) is 241 cm³/mol. The quantitative estimate of drug-likeness (QED) is 0.0597. The number of carbonyl (C=O) groups excluding carboxylic acids is 2. The maximum absolute atomic E-state index is 9.77. The number of rotatable bonds is 45. The molecule has 6 heteroatoms. The van der Waals surface area contributed by atoms with Crippen molar-refractivity contribution in [2.24, 2.45) is 0 Å². The molecule has 0 aromatic rings. The zero-order valence-corrected chi connectivity index (χ0v) is 38.9. The van der Waals surface area contributed by atoms with Crippen molar-refractivity contribution in [3.63, 3.8) is 0 Å². The van der Waals surface area contributed by atoms with Crippen LogP contribution >= 0.6 is 0 Å². The molecule has 4 N–H and O–H groups in total. The maximum Gasteiger partial charge on any atom is 0.0755 e. The summed E-state index contributed by atoms with van der Waals surface area (Å²) in [5, 5.41) is 24.7. The molecular formula is C50H104N2O4. The van der Waals surface area contributed by atoms with E-state index >= 15 is 0 Å². The Kier molecular flexibility index (Phi) is 61.5. The summed E-state index contributed by atoms with van der Waals surface area (Å²) in [7, 11) is 0. The first-order chi connectivity index (χ1) is 27.5. The third-order valence-electron chi connectivity index (χ3n) is 11.1. The molecule has 0 aliphatic heterocycles. The zero-order chi connectivity index (χ0) is 41.7. The van der Waals surface area contributed by atoms with Crippen LogP contribution in [0.1, 0.15) is 285 Å². The Hall–Kier alpha value is -1.14. The van der Waals surface area contributed by atoms with Crippen molar-refractivity contribution >= 4 is 11.9 Å². The summed E-state index contributed by atoms with van der Waals surface area (Å²) in [6, 6.07) is 0. The smallest absolute Gasteiger partial charge is 0.0755 e. The largest absolute Gasteiger partial charge is 0.550 e. The van der Waals surface area contributed by atoms with Gasteiger partial charge in [-0.3, -0.25) is 0 Å². The second kappa shape index (κ2) is 58.2. The normalized spacial score (nSPS) is 10.9. The molecule has 0 atom stereocenters. The van der Waals surface area contributed by atoms with Gasteiger partial charge in [-0.2, -0.15) is 0 Å². The van der Waals surface area contributed by atoms with E-state index in [9.17, 15) is 19.8 Å². The Bertz CT molecular complexity index is 607. The fraction of sp³-hybridized carbons (Fsp3) is 0.960. The van der Waals surface area contributed by atoms with Crippen molar-refractivity contribution in [3.05, 3.63) is 0 Å². The van der Waals surface area contributed by atoms with Crippen molar-refractivity contribution in [3.8, 4) is 0 Å². The SMILES string of the molecule is CCCCCCCCCCCC[NH2+]CCCCCCCCCC.CCCCCCCCCCCC[NH2+]CCCCCCCCCC.O=C([O-])CCCCC(=O)[O-]. The second-order valence-corrected chi connectivity index (χ2v) is 17.0. The molecular weight excluding hydrogens is 693 g/mol. The molecule has 0 aromatic heterocycles. The second-order valence-electron chi connectivity index (χ2n) is 17.0. The Morgan fingerprint density at radius 1 is 0.268 bits per heavy atom. The molecule has 0 unspecified atom stereocenters. The lowest BCUT2D eigenvalue weighted by Crippen LogP contribution is -2.84. The van der Waals surface area contributed by atoms with E-state index in [0.29, 0.717) is 12.8 Å². The van der Waals surface area contributed by atoms with E-state index in [1.165, 1.54) is 257 Å². The summed E-state index contributed by atoms with van der Waals surface area (Å²) >= 11 is 0. The highest BCUT2D eigenvalue weighted by Gasteiger charge is 1.98. The molecule has 0 bridgehead atoms. The monoisotopic (exact) mass is 797 g/mol. The summed E-state index contributed by atoms with van der Waals surface area (Å²) in [6.07, 6.45) is 52.8. The molecule has 0 aromatic carbocycles. The highest BCUT2D eigenvalue weighted by Crippen LogP contribution is 2.12. The first-order valence-electron chi connectivity index (χ1n) is 25.5. The molecule has 0 saturated heterocycles. The Morgan fingerprint density at radius 3 is 0.589 bits per heavy atom. The number of carbonyl (C=O) groups is 2. The summed E-state index contributed by atoms with van der Waals surface area (Å²) in [5.41, 5.74) is 0. The van der Waals surface area contributed by atoms with Gasteiger partial charge in [0, 0.05) is 11.9 Å². The van der Waals surface area contributed by atoms with Crippen LogP contribution < -0.4 is 20.8 Å². The standard InChI is InChI=1S/2C22H47N.C6H10O4/c2*1-3-5-7-9-11-13-14-16-18-20-22-23-21-19-17-15-12-10-8-6-4-2;7-5(8)3-1-2-4-6(9)10/h2*23H,3-22H2,1-2H3;1-4H2,(H,7,8)(H,9,10). The third-order valence-corrected chi connectivity index (χ3v) is 11.1. The van der Waals surface area contributed by atoms with Crippen molar-refractivity contribution in [1.29, 1.82) is 0 Å². The van der Waals surface area contributed by atoms with Gasteiger partial charge in [0.15, 0.2) is 0 Å². The summed E-state index contributed by atoms with van der Waals surface area (Å²) in [4.78, 5) is 19.5. The number of quaternary nitrogens is 2. The molecule has 6 nitrogen and oxygen atoms in total. The lowest BCUT2D eigenvalue weighted by Gasteiger charge is -2.03. The van der Waals surface area contributed by atoms with Crippen LogP contribution in [0.2, 0.25) is 0 Å². The molecule has 0 amide bonds. The van der Waals surface area contributed by atoms with Crippen LogP contribution in [0.5, 0.6) is 0 Å². The van der Waals surface area contributed by atoms with Crippen LogP contribution in [0.25, 0.3) is 0 Å². The van der Waals surface area contributed by atoms with Crippen LogP contribution in [0.4, 0.5) is 0 Å². The van der Waals surface area contributed by atoms with Crippen molar-refractivity contribution < 1.29 is 30.4 Å². The molecule has 0 aliphatic carbocycles. The molecule has 338 valence electrons. The number of nitrogens with two attached hydrogens (primary N) is 2. The van der Waals surface area contributed by atoms with Crippen LogP contribution in [0, 0.1) is 0 Å². The van der Waals surface area contributed by atoms with Gasteiger partial charge in [0.1, 0.15) is 0 Å². The molecule has 0 spiro atoms. The number of unbranched alkanes of at least 4 members (excludes halogenated alkanes) is 33. The summed E-state index contributed by atoms with van der Waals surface area (Å²) in [5.74, 6) is -2.28. The molecule has 0 saturated carbocycles. The average molecular weight is 797 g/mol. The number of aliphatic carboxylic acids is 2. The zero-order valence-electron chi connectivity index (χ0n) is 38.9. The van der Waals surface area contributed by atoms with Crippen molar-refractivity contribution in [1.82, 2.24) is 0 Å². The van der Waals surface area contributed by atoms with E-state index in [2.05, 4.69) is 38.3 Å². The molecule has 0 heterocycles. The van der Waals surface area contributed by atoms with E-state index in [0.717, 1.165) is 0 Å². The highest BCUT2D eigenvalue weighted by atomic mass is 16.4. The predicted octanol–water partition coefficient (Wildman–Crippen LogP) is 11.3. The first-order valence-corrected chi connectivity index (χ1v) is 25.5. The topological polar surface area (TPSA) is 113 Å². The minimum absolute atomic E-state index is 0.0761. The van der Waals surface area contributed by atoms with E-state index in [1.807, 2.05) is 0 Å². The molecule has 56 heavy (non-hydrogen) atoms. The van der Waals surface area contributed by atoms with Crippen molar-refractivity contribution in [2.45, 2.75) is 285 Å². The fourth-order valence-corrected chi connectivity index (χ4v) is 7.22. The Labute approximate surface area is 352 Å². The van der Waals surface area contributed by atoms with Gasteiger partial charge in [-0.15, -0.1) is 0 Å². The van der Waals surface area contributed by atoms with Crippen LogP contribution in [-0.2, 0) is 9.59 Å².